The molecule has 1 aliphatic heterocycles. The second-order valence-electron chi connectivity index (χ2n) is 5.11. The van der Waals surface area contributed by atoms with E-state index in [9.17, 15) is 4.79 Å². The summed E-state index contributed by atoms with van der Waals surface area (Å²) >= 11 is 1.47. The van der Waals surface area contributed by atoms with Crippen molar-refractivity contribution in [3.63, 3.8) is 0 Å². The standard InChI is InChI=1S/C15H18N4OS/c1-16-9-11-5-4-8-19(11)15(20)13-10-21-14(18-13)12-6-2-3-7-17-12/h2-3,6-7,10-11,16H,4-5,8-9H2,1H3/t11-/m0/s1. The highest BCUT2D eigenvalue weighted by molar-refractivity contribution is 7.13. The maximum absolute atomic E-state index is 12.6. The van der Waals surface area contributed by atoms with Gasteiger partial charge in [-0.1, -0.05) is 6.07 Å². The lowest BCUT2D eigenvalue weighted by molar-refractivity contribution is 0.0732. The zero-order valence-electron chi connectivity index (χ0n) is 12.0. The number of carbonyl (C=O) groups excluding carboxylic acids is 1. The maximum Gasteiger partial charge on any atom is 0.273 e. The van der Waals surface area contributed by atoms with Crippen LogP contribution in [-0.4, -0.2) is 47.0 Å². The Morgan fingerprint density at radius 1 is 1.52 bits per heavy atom. The second kappa shape index (κ2) is 6.32. The first-order valence-electron chi connectivity index (χ1n) is 7.12. The molecule has 1 aliphatic rings. The highest BCUT2D eigenvalue weighted by atomic mass is 32.1. The minimum atomic E-state index is 0.0335. The largest absolute Gasteiger partial charge is 0.333 e. The van der Waals surface area contributed by atoms with Crippen molar-refractivity contribution in [3.8, 4) is 10.7 Å². The normalized spacial score (nSPS) is 18.1. The third-order valence-corrected chi connectivity index (χ3v) is 4.55. The van der Waals surface area contributed by atoms with Gasteiger partial charge in [-0.25, -0.2) is 4.98 Å². The van der Waals surface area contributed by atoms with Gasteiger partial charge in [0, 0.05) is 30.7 Å². The summed E-state index contributed by atoms with van der Waals surface area (Å²) in [6.07, 6.45) is 3.86. The van der Waals surface area contributed by atoms with Crippen molar-refractivity contribution in [2.75, 3.05) is 20.1 Å². The topological polar surface area (TPSA) is 58.1 Å². The fourth-order valence-electron chi connectivity index (χ4n) is 2.68. The van der Waals surface area contributed by atoms with E-state index < -0.39 is 0 Å². The monoisotopic (exact) mass is 302 g/mol. The van der Waals surface area contributed by atoms with Crippen molar-refractivity contribution in [2.45, 2.75) is 18.9 Å². The molecule has 1 fully saturated rings. The number of pyridine rings is 1. The molecular formula is C15H18N4OS. The molecule has 2 aromatic heterocycles. The van der Waals surface area contributed by atoms with Gasteiger partial charge in [0.15, 0.2) is 0 Å². The molecule has 3 rings (SSSR count). The molecule has 6 heteroatoms. The van der Waals surface area contributed by atoms with E-state index in [1.807, 2.05) is 35.5 Å². The lowest BCUT2D eigenvalue weighted by Crippen LogP contribution is -2.40. The number of nitrogens with zero attached hydrogens (tertiary/aromatic N) is 3. The number of hydrogen-bond acceptors (Lipinski definition) is 5. The van der Waals surface area contributed by atoms with E-state index in [1.165, 1.54) is 11.3 Å². The average Bonchev–Trinajstić information content (AvgIpc) is 3.17. The second-order valence-corrected chi connectivity index (χ2v) is 5.96. The Morgan fingerprint density at radius 3 is 3.19 bits per heavy atom. The van der Waals surface area contributed by atoms with E-state index in [0.717, 1.165) is 36.6 Å². The molecular weight excluding hydrogens is 284 g/mol. The first kappa shape index (κ1) is 14.2. The van der Waals surface area contributed by atoms with Crippen molar-refractivity contribution in [3.05, 3.63) is 35.5 Å². The molecule has 1 amide bonds. The predicted molar refractivity (Wildman–Crippen MR) is 83.3 cm³/mol. The molecule has 0 radical (unpaired) electrons. The van der Waals surface area contributed by atoms with Crippen LogP contribution in [0.4, 0.5) is 0 Å². The number of thiazole rings is 1. The zero-order chi connectivity index (χ0) is 14.7. The highest BCUT2D eigenvalue weighted by Crippen LogP contribution is 2.24. The summed E-state index contributed by atoms with van der Waals surface area (Å²) in [5, 5.41) is 5.78. The number of nitrogens with one attached hydrogen (secondary N) is 1. The number of rotatable bonds is 4. The van der Waals surface area contributed by atoms with E-state index >= 15 is 0 Å². The van der Waals surface area contributed by atoms with E-state index in [1.54, 1.807) is 6.20 Å². The quantitative estimate of drug-likeness (QED) is 0.939. The molecule has 0 unspecified atom stereocenters. The van der Waals surface area contributed by atoms with Gasteiger partial charge in [-0.3, -0.25) is 9.78 Å². The molecule has 21 heavy (non-hydrogen) atoms. The Labute approximate surface area is 128 Å². The van der Waals surface area contributed by atoms with Gasteiger partial charge in [-0.2, -0.15) is 0 Å². The fourth-order valence-corrected chi connectivity index (χ4v) is 3.45. The van der Waals surface area contributed by atoms with Gasteiger partial charge in [0.25, 0.3) is 5.91 Å². The van der Waals surface area contributed by atoms with Gasteiger partial charge in [0.05, 0.1) is 5.69 Å². The number of carbonyl (C=O) groups is 1. The van der Waals surface area contributed by atoms with Crippen molar-refractivity contribution in [2.24, 2.45) is 0 Å². The zero-order valence-corrected chi connectivity index (χ0v) is 12.8. The Morgan fingerprint density at radius 2 is 2.43 bits per heavy atom. The smallest absolute Gasteiger partial charge is 0.273 e. The minimum Gasteiger partial charge on any atom is -0.333 e. The van der Waals surface area contributed by atoms with Crippen LogP contribution in [0, 0.1) is 0 Å². The number of hydrogen-bond donors (Lipinski definition) is 1. The van der Waals surface area contributed by atoms with Crippen LogP contribution < -0.4 is 5.32 Å². The van der Waals surface area contributed by atoms with Gasteiger partial charge in [0.1, 0.15) is 10.7 Å². The minimum absolute atomic E-state index is 0.0335. The van der Waals surface area contributed by atoms with Gasteiger partial charge in [-0.15, -0.1) is 11.3 Å². The lowest BCUT2D eigenvalue weighted by atomic mass is 10.2. The Bertz CT molecular complexity index is 613. The van der Waals surface area contributed by atoms with Gasteiger partial charge < -0.3 is 10.2 Å². The van der Waals surface area contributed by atoms with Crippen molar-refractivity contribution >= 4 is 17.2 Å². The van der Waals surface area contributed by atoms with Crippen molar-refractivity contribution < 1.29 is 4.79 Å². The molecule has 0 saturated carbocycles. The Balaban J connectivity index is 1.78. The molecule has 1 N–H and O–H groups in total. The molecule has 1 atom stereocenters. The SMILES string of the molecule is CNC[C@@H]1CCCN1C(=O)c1csc(-c2ccccn2)n1. The van der Waals surface area contributed by atoms with E-state index in [4.69, 9.17) is 0 Å². The summed E-state index contributed by atoms with van der Waals surface area (Å²) in [6, 6.07) is 5.99. The van der Waals surface area contributed by atoms with Crippen molar-refractivity contribution in [1.82, 2.24) is 20.2 Å². The van der Waals surface area contributed by atoms with Crippen molar-refractivity contribution in [1.29, 1.82) is 0 Å². The molecule has 110 valence electrons. The molecule has 0 spiro atoms. The maximum atomic E-state index is 12.6. The van der Waals surface area contributed by atoms with Crippen LogP contribution in [0.5, 0.6) is 0 Å². The Hall–Kier alpha value is -1.79. The number of likely N-dealkylation sites (N-methyl/N-ethyl adjacent to an activating group) is 1. The van der Waals surface area contributed by atoms with E-state index in [0.29, 0.717) is 5.69 Å². The summed E-state index contributed by atoms with van der Waals surface area (Å²) in [6.45, 7) is 1.66. The van der Waals surface area contributed by atoms with Crippen LogP contribution in [0.15, 0.2) is 29.8 Å². The average molecular weight is 302 g/mol. The van der Waals surface area contributed by atoms with Gasteiger partial charge >= 0.3 is 0 Å². The van der Waals surface area contributed by atoms with E-state index in [2.05, 4.69) is 15.3 Å². The van der Waals surface area contributed by atoms with Gasteiger partial charge in [-0.05, 0) is 32.0 Å². The van der Waals surface area contributed by atoms with Gasteiger partial charge in [0.2, 0.25) is 0 Å². The van der Waals surface area contributed by atoms with Crippen LogP contribution in [0.3, 0.4) is 0 Å². The number of likely N-dealkylation sites (tertiary alicyclic amines) is 1. The summed E-state index contributed by atoms with van der Waals surface area (Å²) in [5.41, 5.74) is 1.35. The van der Waals surface area contributed by atoms with Crippen LogP contribution in [-0.2, 0) is 0 Å². The van der Waals surface area contributed by atoms with Crippen LogP contribution >= 0.6 is 11.3 Å². The fraction of sp³-hybridized carbons (Fsp3) is 0.400. The highest BCUT2D eigenvalue weighted by Gasteiger charge is 2.30. The van der Waals surface area contributed by atoms with Crippen LogP contribution in [0.2, 0.25) is 0 Å². The number of aromatic nitrogens is 2. The molecule has 1 saturated heterocycles. The first-order chi connectivity index (χ1) is 10.3. The molecule has 2 aromatic rings. The molecule has 0 aromatic carbocycles. The number of amides is 1. The molecule has 0 aliphatic carbocycles. The summed E-state index contributed by atoms with van der Waals surface area (Å²) in [5.74, 6) is 0.0335. The third kappa shape index (κ3) is 2.96. The molecule has 0 bridgehead atoms. The molecule has 5 nitrogen and oxygen atoms in total. The summed E-state index contributed by atoms with van der Waals surface area (Å²) in [4.78, 5) is 23.3. The molecule has 3 heterocycles. The lowest BCUT2D eigenvalue weighted by Gasteiger charge is -2.23. The van der Waals surface area contributed by atoms with Crippen LogP contribution in [0.1, 0.15) is 23.3 Å². The first-order valence-corrected chi connectivity index (χ1v) is 8.00. The Kier molecular flexibility index (Phi) is 4.26. The predicted octanol–water partition coefficient (Wildman–Crippen LogP) is 2.03. The summed E-state index contributed by atoms with van der Waals surface area (Å²) in [7, 11) is 1.92. The van der Waals surface area contributed by atoms with E-state index in [-0.39, 0.29) is 11.9 Å². The van der Waals surface area contributed by atoms with Crippen LogP contribution in [0.25, 0.3) is 10.7 Å². The third-order valence-electron chi connectivity index (χ3n) is 3.69. The summed E-state index contributed by atoms with van der Waals surface area (Å²) < 4.78 is 0.